The first-order chi connectivity index (χ1) is 12.0. The third-order valence-corrected chi connectivity index (χ3v) is 5.19. The summed E-state index contributed by atoms with van der Waals surface area (Å²) in [7, 11) is 5.32. The first-order valence-corrected chi connectivity index (χ1v) is 8.96. The van der Waals surface area contributed by atoms with Gasteiger partial charge >= 0.3 is 6.03 Å². The standard InChI is InChI=1S/C19H29N3O3/c1-20(2)18(23)22-10-4-9-19(14-22)13-21(11-12-25-15-19)16-5-7-17(24-3)8-6-16/h5-8H,4,9-15H2,1-3H3/t19-/m1/s1. The first-order valence-electron chi connectivity index (χ1n) is 8.96. The van der Waals surface area contributed by atoms with Crippen LogP contribution in [0.15, 0.2) is 24.3 Å². The van der Waals surface area contributed by atoms with Crippen LogP contribution in [0.4, 0.5) is 10.5 Å². The van der Waals surface area contributed by atoms with E-state index in [-0.39, 0.29) is 11.4 Å². The lowest BCUT2D eigenvalue weighted by Crippen LogP contribution is -2.54. The molecule has 3 rings (SSSR count). The summed E-state index contributed by atoms with van der Waals surface area (Å²) in [6, 6.07) is 8.29. The Kier molecular flexibility index (Phi) is 5.37. The minimum Gasteiger partial charge on any atom is -0.497 e. The van der Waals surface area contributed by atoms with Gasteiger partial charge in [0.05, 0.1) is 20.3 Å². The van der Waals surface area contributed by atoms with Crippen molar-refractivity contribution in [2.24, 2.45) is 5.41 Å². The zero-order chi connectivity index (χ0) is 17.9. The Morgan fingerprint density at radius 1 is 1.20 bits per heavy atom. The molecule has 2 fully saturated rings. The monoisotopic (exact) mass is 347 g/mol. The van der Waals surface area contributed by atoms with Gasteiger partial charge in [-0.1, -0.05) is 0 Å². The van der Waals surface area contributed by atoms with Crippen LogP contribution >= 0.6 is 0 Å². The van der Waals surface area contributed by atoms with Crippen LogP contribution in [0, 0.1) is 5.41 Å². The van der Waals surface area contributed by atoms with E-state index in [0.717, 1.165) is 58.0 Å². The number of piperidine rings is 1. The zero-order valence-electron chi connectivity index (χ0n) is 15.5. The molecule has 2 heterocycles. The average Bonchev–Trinajstić information content (AvgIpc) is 2.83. The molecule has 138 valence electrons. The minimum absolute atomic E-state index is 0.000345. The molecule has 6 heteroatoms. The van der Waals surface area contributed by atoms with E-state index in [0.29, 0.717) is 0 Å². The highest BCUT2D eigenvalue weighted by molar-refractivity contribution is 5.74. The molecule has 0 N–H and O–H groups in total. The molecule has 1 atom stereocenters. The molecule has 2 aliphatic heterocycles. The maximum Gasteiger partial charge on any atom is 0.319 e. The lowest BCUT2D eigenvalue weighted by molar-refractivity contribution is 0.0210. The Morgan fingerprint density at radius 2 is 1.96 bits per heavy atom. The maximum absolute atomic E-state index is 12.4. The topological polar surface area (TPSA) is 45.3 Å². The second-order valence-electron chi connectivity index (χ2n) is 7.37. The lowest BCUT2D eigenvalue weighted by atomic mass is 9.80. The van der Waals surface area contributed by atoms with Gasteiger partial charge in [0.15, 0.2) is 0 Å². The number of anilines is 1. The predicted molar refractivity (Wildman–Crippen MR) is 98.3 cm³/mol. The molecule has 2 aliphatic rings. The second kappa shape index (κ2) is 7.52. The minimum atomic E-state index is 0.000345. The molecule has 1 spiro atoms. The van der Waals surface area contributed by atoms with Gasteiger partial charge in [-0.3, -0.25) is 0 Å². The number of amides is 2. The molecule has 0 aliphatic carbocycles. The number of hydrogen-bond acceptors (Lipinski definition) is 4. The van der Waals surface area contributed by atoms with Gasteiger partial charge in [-0.15, -0.1) is 0 Å². The largest absolute Gasteiger partial charge is 0.497 e. The van der Waals surface area contributed by atoms with Crippen molar-refractivity contribution in [3.63, 3.8) is 0 Å². The normalized spacial score (nSPS) is 24.1. The fourth-order valence-corrected chi connectivity index (χ4v) is 3.91. The Morgan fingerprint density at radius 3 is 2.64 bits per heavy atom. The van der Waals surface area contributed by atoms with Crippen molar-refractivity contribution >= 4 is 11.7 Å². The number of benzene rings is 1. The number of methoxy groups -OCH3 is 1. The van der Waals surface area contributed by atoms with Gasteiger partial charge < -0.3 is 24.2 Å². The highest BCUT2D eigenvalue weighted by atomic mass is 16.5. The molecule has 0 aromatic heterocycles. The van der Waals surface area contributed by atoms with E-state index in [1.165, 1.54) is 5.69 Å². The lowest BCUT2D eigenvalue weighted by Gasteiger charge is -2.44. The van der Waals surface area contributed by atoms with Crippen LogP contribution in [-0.4, -0.2) is 76.4 Å². The van der Waals surface area contributed by atoms with Gasteiger partial charge in [-0.25, -0.2) is 4.79 Å². The number of carbonyl (C=O) groups excluding carboxylic acids is 1. The molecular weight excluding hydrogens is 318 g/mol. The van der Waals surface area contributed by atoms with Crippen molar-refractivity contribution in [3.05, 3.63) is 24.3 Å². The molecule has 0 saturated carbocycles. The van der Waals surface area contributed by atoms with E-state index in [4.69, 9.17) is 9.47 Å². The highest BCUT2D eigenvalue weighted by Crippen LogP contribution is 2.35. The van der Waals surface area contributed by atoms with Crippen molar-refractivity contribution in [2.75, 3.05) is 65.5 Å². The van der Waals surface area contributed by atoms with Crippen molar-refractivity contribution in [1.29, 1.82) is 0 Å². The van der Waals surface area contributed by atoms with Gasteiger partial charge in [-0.05, 0) is 37.1 Å². The molecule has 1 aromatic carbocycles. The zero-order valence-corrected chi connectivity index (χ0v) is 15.5. The number of likely N-dealkylation sites (tertiary alicyclic amines) is 1. The Bertz CT molecular complexity index is 590. The molecule has 1 aromatic rings. The summed E-state index contributed by atoms with van der Waals surface area (Å²) in [5.74, 6) is 0.866. The van der Waals surface area contributed by atoms with Crippen LogP contribution in [0.3, 0.4) is 0 Å². The van der Waals surface area contributed by atoms with Crippen molar-refractivity contribution in [3.8, 4) is 5.75 Å². The average molecular weight is 347 g/mol. The van der Waals surface area contributed by atoms with Gasteiger partial charge in [0.25, 0.3) is 0 Å². The number of carbonyl (C=O) groups is 1. The summed E-state index contributed by atoms with van der Waals surface area (Å²) in [6.45, 7) is 4.82. The summed E-state index contributed by atoms with van der Waals surface area (Å²) in [5.41, 5.74) is 1.18. The van der Waals surface area contributed by atoms with Gasteiger partial charge in [-0.2, -0.15) is 0 Å². The molecule has 0 unspecified atom stereocenters. The third kappa shape index (κ3) is 4.00. The Hall–Kier alpha value is -1.95. The SMILES string of the molecule is COc1ccc(N2CCOC[C@]3(CCCN(C(=O)N(C)C)C3)C2)cc1. The fourth-order valence-electron chi connectivity index (χ4n) is 3.91. The molecule has 2 amide bonds. The van der Waals surface area contributed by atoms with Gasteiger partial charge in [0, 0.05) is 51.4 Å². The predicted octanol–water partition coefficient (Wildman–Crippen LogP) is 2.30. The molecule has 6 nitrogen and oxygen atoms in total. The van der Waals surface area contributed by atoms with Crippen LogP contribution in [0.5, 0.6) is 5.75 Å². The Labute approximate surface area is 150 Å². The summed E-state index contributed by atoms with van der Waals surface area (Å²) in [6.07, 6.45) is 2.12. The van der Waals surface area contributed by atoms with E-state index >= 15 is 0 Å². The first kappa shape index (κ1) is 17.9. The van der Waals surface area contributed by atoms with E-state index < -0.39 is 0 Å². The van der Waals surface area contributed by atoms with Crippen molar-refractivity contribution < 1.29 is 14.3 Å². The van der Waals surface area contributed by atoms with E-state index in [9.17, 15) is 4.79 Å². The summed E-state index contributed by atoms with van der Waals surface area (Å²) in [4.78, 5) is 18.4. The van der Waals surface area contributed by atoms with Crippen LogP contribution in [0.25, 0.3) is 0 Å². The number of urea groups is 1. The molecule has 0 bridgehead atoms. The maximum atomic E-state index is 12.4. The molecular formula is C19H29N3O3. The Balaban J connectivity index is 1.77. The van der Waals surface area contributed by atoms with E-state index in [1.54, 1.807) is 12.0 Å². The summed E-state index contributed by atoms with van der Waals surface area (Å²) >= 11 is 0. The van der Waals surface area contributed by atoms with Gasteiger partial charge in [0.1, 0.15) is 5.75 Å². The number of rotatable bonds is 2. The molecule has 2 saturated heterocycles. The summed E-state index contributed by atoms with van der Waals surface area (Å²) < 4.78 is 11.2. The van der Waals surface area contributed by atoms with Crippen LogP contribution < -0.4 is 9.64 Å². The van der Waals surface area contributed by atoms with Crippen LogP contribution in [-0.2, 0) is 4.74 Å². The number of hydrogen-bond donors (Lipinski definition) is 0. The molecule has 0 radical (unpaired) electrons. The van der Waals surface area contributed by atoms with Crippen molar-refractivity contribution in [1.82, 2.24) is 9.80 Å². The van der Waals surface area contributed by atoms with Crippen LogP contribution in [0.2, 0.25) is 0 Å². The van der Waals surface area contributed by atoms with Crippen LogP contribution in [0.1, 0.15) is 12.8 Å². The fraction of sp³-hybridized carbons (Fsp3) is 0.632. The van der Waals surface area contributed by atoms with Crippen molar-refractivity contribution in [2.45, 2.75) is 12.8 Å². The quantitative estimate of drug-likeness (QED) is 0.823. The number of nitrogens with zero attached hydrogens (tertiary/aromatic N) is 3. The molecule has 25 heavy (non-hydrogen) atoms. The summed E-state index contributed by atoms with van der Waals surface area (Å²) in [5, 5.41) is 0. The number of ether oxygens (including phenoxy) is 2. The smallest absolute Gasteiger partial charge is 0.319 e. The van der Waals surface area contributed by atoms with Gasteiger partial charge in [0.2, 0.25) is 0 Å². The third-order valence-electron chi connectivity index (χ3n) is 5.19. The van der Waals surface area contributed by atoms with E-state index in [2.05, 4.69) is 17.0 Å². The second-order valence-corrected chi connectivity index (χ2v) is 7.37. The van der Waals surface area contributed by atoms with E-state index in [1.807, 2.05) is 31.1 Å². The highest BCUT2D eigenvalue weighted by Gasteiger charge is 2.40.